The molecule has 1 saturated carbocycles. The van der Waals surface area contributed by atoms with Gasteiger partial charge in [-0.2, -0.15) is 5.10 Å². The predicted octanol–water partition coefficient (Wildman–Crippen LogP) is 1.13. The van der Waals surface area contributed by atoms with Crippen molar-refractivity contribution in [3.63, 3.8) is 0 Å². The fourth-order valence-electron chi connectivity index (χ4n) is 3.67. The average molecular weight is 407 g/mol. The monoisotopic (exact) mass is 407 g/mol. The number of carbonyl (C=O) groups excluding carboxylic acids is 1. The van der Waals surface area contributed by atoms with Gasteiger partial charge in [0.1, 0.15) is 0 Å². The molecule has 0 aliphatic heterocycles. The Hall–Kier alpha value is -2.26. The van der Waals surface area contributed by atoms with E-state index in [0.717, 1.165) is 24.1 Å². The van der Waals surface area contributed by atoms with E-state index in [1.165, 1.54) is 0 Å². The number of phosphoric ester groups is 1. The molecule has 0 spiro atoms. The molecule has 1 fully saturated rings. The lowest BCUT2D eigenvalue weighted by atomic mass is 10.1. The number of nitrogens with zero attached hydrogens (tertiary/aromatic N) is 3. The Bertz CT molecular complexity index is 998. The summed E-state index contributed by atoms with van der Waals surface area (Å²) in [5.74, 6) is 1.04. The number of nitrogens with two attached hydrogens (primary N) is 1. The number of aromatic nitrogens is 3. The first-order chi connectivity index (χ1) is 13.0. The molecule has 0 aromatic carbocycles. The summed E-state index contributed by atoms with van der Waals surface area (Å²) in [6, 6.07) is 3.40. The fraction of sp³-hybridized carbons (Fsp3) is 0.471. The molecule has 0 unspecified atom stereocenters. The first-order valence-electron chi connectivity index (χ1n) is 8.90. The molecule has 10 nitrogen and oxygen atoms in total. The van der Waals surface area contributed by atoms with Gasteiger partial charge in [0.25, 0.3) is 5.91 Å². The van der Waals surface area contributed by atoms with Gasteiger partial charge in [-0.05, 0) is 38.7 Å². The van der Waals surface area contributed by atoms with Crippen LogP contribution in [0.5, 0.6) is 0 Å². The zero-order valence-electron chi connectivity index (χ0n) is 15.5. The minimum Gasteiger partial charge on any atom is -0.399 e. The summed E-state index contributed by atoms with van der Waals surface area (Å²) in [5, 5.41) is 7.26. The van der Waals surface area contributed by atoms with E-state index in [1.54, 1.807) is 36.9 Å². The van der Waals surface area contributed by atoms with Crippen LogP contribution in [-0.2, 0) is 15.5 Å². The van der Waals surface area contributed by atoms with Crippen molar-refractivity contribution < 1.29 is 23.7 Å². The van der Waals surface area contributed by atoms with Gasteiger partial charge in [-0.15, -0.1) is 0 Å². The van der Waals surface area contributed by atoms with Gasteiger partial charge in [-0.1, -0.05) is 0 Å². The number of hydrogen-bond donors (Lipinski definition) is 4. The van der Waals surface area contributed by atoms with Crippen LogP contribution in [0.3, 0.4) is 0 Å². The molecule has 11 heteroatoms. The summed E-state index contributed by atoms with van der Waals surface area (Å²) >= 11 is 0. The molecule has 2 aromatic rings. The lowest BCUT2D eigenvalue weighted by Crippen LogP contribution is -2.47. The van der Waals surface area contributed by atoms with Crippen molar-refractivity contribution in [2.24, 2.45) is 5.92 Å². The lowest BCUT2D eigenvalue weighted by molar-refractivity contribution is 0.0848. The Balaban J connectivity index is 1.62. The van der Waals surface area contributed by atoms with Crippen LogP contribution in [0, 0.1) is 5.92 Å². The Morgan fingerprint density at radius 1 is 1.50 bits per heavy atom. The molecule has 0 bridgehead atoms. The SMILES string of the molecule is CC(C)(COP(=O)(O)O)NC(=O)c1nn(-c2cc(N)ccn2)c2c1C[C@H]1C[C@@H]21. The molecule has 150 valence electrons. The summed E-state index contributed by atoms with van der Waals surface area (Å²) < 4.78 is 17.2. The van der Waals surface area contributed by atoms with Crippen LogP contribution in [-0.4, -0.2) is 42.6 Å². The van der Waals surface area contributed by atoms with Gasteiger partial charge < -0.3 is 20.8 Å². The normalized spacial score (nSPS) is 20.6. The van der Waals surface area contributed by atoms with E-state index in [0.29, 0.717) is 29.0 Å². The minimum absolute atomic E-state index is 0.302. The number of nitrogen functional groups attached to an aromatic ring is 1. The smallest absolute Gasteiger partial charge is 0.399 e. The van der Waals surface area contributed by atoms with Crippen LogP contribution in [0.2, 0.25) is 0 Å². The molecule has 2 atom stereocenters. The number of carbonyl (C=O) groups is 1. The third kappa shape index (κ3) is 3.68. The van der Waals surface area contributed by atoms with E-state index in [4.69, 9.17) is 15.5 Å². The molecule has 5 N–H and O–H groups in total. The second-order valence-corrected chi connectivity index (χ2v) is 9.22. The Kier molecular flexibility index (Phi) is 4.35. The highest BCUT2D eigenvalue weighted by molar-refractivity contribution is 7.46. The topological polar surface area (TPSA) is 153 Å². The van der Waals surface area contributed by atoms with E-state index in [1.807, 2.05) is 0 Å². The number of nitrogens with one attached hydrogen (secondary N) is 1. The van der Waals surface area contributed by atoms with Gasteiger partial charge >= 0.3 is 7.82 Å². The van der Waals surface area contributed by atoms with Crippen LogP contribution < -0.4 is 11.1 Å². The van der Waals surface area contributed by atoms with Gasteiger partial charge in [-0.25, -0.2) is 14.2 Å². The van der Waals surface area contributed by atoms with Crippen molar-refractivity contribution in [2.75, 3.05) is 12.3 Å². The molecule has 2 aliphatic rings. The largest absolute Gasteiger partial charge is 0.469 e. The summed E-state index contributed by atoms with van der Waals surface area (Å²) in [6.07, 6.45) is 3.45. The number of phosphoric acid groups is 1. The third-order valence-electron chi connectivity index (χ3n) is 5.01. The van der Waals surface area contributed by atoms with Crippen LogP contribution in [0.4, 0.5) is 5.69 Å². The Morgan fingerprint density at radius 3 is 2.93 bits per heavy atom. The average Bonchev–Trinajstić information content (AvgIpc) is 3.08. The maximum atomic E-state index is 12.9. The molecular formula is C17H22N5O5P. The maximum absolute atomic E-state index is 12.9. The predicted molar refractivity (Wildman–Crippen MR) is 99.9 cm³/mol. The third-order valence-corrected chi connectivity index (χ3v) is 5.48. The van der Waals surface area contributed by atoms with Crippen LogP contribution >= 0.6 is 7.82 Å². The number of anilines is 1. The van der Waals surface area contributed by atoms with Crippen molar-refractivity contribution in [1.29, 1.82) is 0 Å². The van der Waals surface area contributed by atoms with Crippen LogP contribution in [0.1, 0.15) is 47.9 Å². The molecular weight excluding hydrogens is 385 g/mol. The van der Waals surface area contributed by atoms with E-state index in [-0.39, 0.29) is 6.61 Å². The van der Waals surface area contributed by atoms with Crippen LogP contribution in [0.25, 0.3) is 5.82 Å². The standard InChI is InChI=1S/C17H22N5O5P/c1-17(2,8-27-28(24,25)26)20-16(23)14-12-6-9-5-11(9)15(12)22(21-14)13-7-10(18)3-4-19-13/h3-4,7,9,11H,5-6,8H2,1-2H3,(H2,18,19)(H,20,23)(H2,24,25,26)/t9-,11-/m1/s1. The second-order valence-electron chi connectivity index (χ2n) is 7.98. The minimum atomic E-state index is -4.62. The number of pyridine rings is 1. The van der Waals surface area contributed by atoms with E-state index >= 15 is 0 Å². The molecule has 1 amide bonds. The summed E-state index contributed by atoms with van der Waals surface area (Å²) in [6.45, 7) is 2.90. The quantitative estimate of drug-likeness (QED) is 0.520. The van der Waals surface area contributed by atoms with Crippen molar-refractivity contribution in [2.45, 2.75) is 38.1 Å². The zero-order valence-corrected chi connectivity index (χ0v) is 16.4. The Morgan fingerprint density at radius 2 is 2.25 bits per heavy atom. The van der Waals surface area contributed by atoms with Crippen molar-refractivity contribution in [1.82, 2.24) is 20.1 Å². The highest BCUT2D eigenvalue weighted by Crippen LogP contribution is 2.57. The maximum Gasteiger partial charge on any atom is 0.469 e. The number of fused-ring (bicyclic) bond motifs is 3. The summed E-state index contributed by atoms with van der Waals surface area (Å²) in [5.41, 5.74) is 7.63. The van der Waals surface area contributed by atoms with Crippen molar-refractivity contribution >= 4 is 19.4 Å². The molecule has 4 rings (SSSR count). The molecule has 2 aromatic heterocycles. The first kappa shape index (κ1) is 19.1. The molecule has 0 saturated heterocycles. The van der Waals surface area contributed by atoms with Crippen LogP contribution in [0.15, 0.2) is 18.3 Å². The van der Waals surface area contributed by atoms with Gasteiger partial charge in [-0.3, -0.25) is 9.32 Å². The highest BCUT2D eigenvalue weighted by Gasteiger charge is 2.50. The van der Waals surface area contributed by atoms with E-state index in [9.17, 15) is 9.36 Å². The van der Waals surface area contributed by atoms with Gasteiger partial charge in [0.05, 0.1) is 17.8 Å². The number of hydrogen-bond acceptors (Lipinski definition) is 6. The Labute approximate surface area is 161 Å². The molecule has 28 heavy (non-hydrogen) atoms. The first-order valence-corrected chi connectivity index (χ1v) is 10.4. The van der Waals surface area contributed by atoms with E-state index in [2.05, 4.69) is 19.9 Å². The van der Waals surface area contributed by atoms with E-state index < -0.39 is 19.3 Å². The molecule has 2 aliphatic carbocycles. The zero-order chi connectivity index (χ0) is 20.3. The number of rotatable bonds is 6. The van der Waals surface area contributed by atoms with Gasteiger partial charge in [0.2, 0.25) is 0 Å². The van der Waals surface area contributed by atoms with Crippen molar-refractivity contribution in [3.05, 3.63) is 35.3 Å². The fourth-order valence-corrected chi connectivity index (χ4v) is 4.16. The second kappa shape index (κ2) is 6.38. The summed E-state index contributed by atoms with van der Waals surface area (Å²) in [7, 11) is -4.62. The van der Waals surface area contributed by atoms with Crippen molar-refractivity contribution in [3.8, 4) is 5.82 Å². The van der Waals surface area contributed by atoms with Gasteiger partial charge in [0.15, 0.2) is 11.5 Å². The highest BCUT2D eigenvalue weighted by atomic mass is 31.2. The lowest BCUT2D eigenvalue weighted by Gasteiger charge is -2.25. The molecule has 0 radical (unpaired) electrons. The summed E-state index contributed by atoms with van der Waals surface area (Å²) in [4.78, 5) is 35.0. The molecule has 2 heterocycles. The van der Waals surface area contributed by atoms with Gasteiger partial charge in [0, 0.05) is 29.4 Å². The number of amides is 1.